The molecule has 0 aliphatic rings. The van der Waals surface area contributed by atoms with E-state index in [1.165, 1.54) is 12.8 Å². The molecule has 0 spiro atoms. The molecule has 116 valence electrons. The molecule has 0 fully saturated rings. The second-order valence-corrected chi connectivity index (χ2v) is 5.25. The Bertz CT molecular complexity index is 402. The molecule has 1 rings (SSSR count). The first kappa shape index (κ1) is 19.3. The van der Waals surface area contributed by atoms with Gasteiger partial charge in [-0.05, 0) is 37.7 Å². The molecule has 0 aliphatic carbocycles. The van der Waals surface area contributed by atoms with Gasteiger partial charge >= 0.3 is 16.5 Å². The minimum Gasteiger partial charge on any atom is -0.873 e. The summed E-state index contributed by atoms with van der Waals surface area (Å²) in [4.78, 5) is 0. The molecule has 0 heterocycles. The van der Waals surface area contributed by atoms with Gasteiger partial charge in [0.1, 0.15) is 0 Å². The molecular weight excluding hydrogens is 295 g/mol. The van der Waals surface area contributed by atoms with Crippen LogP contribution in [0.1, 0.15) is 69.6 Å². The number of benzene rings is 1. The van der Waals surface area contributed by atoms with E-state index in [1.807, 2.05) is 13.0 Å². The molecule has 0 radical (unpaired) electrons. The van der Waals surface area contributed by atoms with E-state index in [4.69, 9.17) is 0 Å². The van der Waals surface area contributed by atoms with E-state index in [0.717, 1.165) is 48.8 Å². The molecule has 0 aliphatic heterocycles. The maximum Gasteiger partial charge on any atom is 2.00 e. The Morgan fingerprint density at radius 1 is 0.800 bits per heavy atom. The average molecular weight is 321 g/mol. The predicted molar refractivity (Wildman–Crippen MR) is 76.6 cm³/mol. The first-order valence-corrected chi connectivity index (χ1v) is 7.67. The van der Waals surface area contributed by atoms with Gasteiger partial charge in [0.05, 0.1) is 0 Å². The summed E-state index contributed by atoms with van der Waals surface area (Å²) in [5.74, 6) is -0.507. The van der Waals surface area contributed by atoms with Crippen LogP contribution in [0.15, 0.2) is 6.07 Å². The van der Waals surface area contributed by atoms with E-state index in [1.54, 1.807) is 0 Å². The zero-order valence-corrected chi connectivity index (χ0v) is 13.9. The fraction of sp³-hybridized carbons (Fsp3) is 0.647. The molecule has 0 amide bonds. The Balaban J connectivity index is 0.00000361. The van der Waals surface area contributed by atoms with Crippen molar-refractivity contribution in [2.75, 3.05) is 0 Å². The van der Waals surface area contributed by atoms with E-state index in [9.17, 15) is 10.2 Å². The molecule has 1 aromatic rings. The van der Waals surface area contributed by atoms with Crippen LogP contribution in [0.3, 0.4) is 0 Å². The number of hydrogen-bond donors (Lipinski definition) is 0. The van der Waals surface area contributed by atoms with Crippen molar-refractivity contribution in [3.05, 3.63) is 22.8 Å². The van der Waals surface area contributed by atoms with E-state index >= 15 is 0 Å². The molecule has 3 heteroatoms. The van der Waals surface area contributed by atoms with Crippen LogP contribution in [-0.2, 0) is 35.8 Å². The SMILES string of the molecule is CCCCCc1cc(CCCC)c([O-])c([O-])c1CC.[Ni+2]. The third-order valence-electron chi connectivity index (χ3n) is 3.71. The van der Waals surface area contributed by atoms with E-state index in [-0.39, 0.29) is 28.0 Å². The third-order valence-corrected chi connectivity index (χ3v) is 3.71. The van der Waals surface area contributed by atoms with Crippen molar-refractivity contribution in [3.8, 4) is 11.5 Å². The quantitative estimate of drug-likeness (QED) is 0.544. The van der Waals surface area contributed by atoms with Gasteiger partial charge in [-0.3, -0.25) is 0 Å². The molecule has 0 N–H and O–H groups in total. The van der Waals surface area contributed by atoms with Crippen LogP contribution in [0.5, 0.6) is 11.5 Å². The van der Waals surface area contributed by atoms with E-state index < -0.39 is 0 Å². The Morgan fingerprint density at radius 2 is 1.40 bits per heavy atom. The fourth-order valence-electron chi connectivity index (χ4n) is 2.52. The van der Waals surface area contributed by atoms with Gasteiger partial charge in [-0.2, -0.15) is 0 Å². The van der Waals surface area contributed by atoms with Gasteiger partial charge in [0, 0.05) is 0 Å². The maximum absolute atomic E-state index is 12.1. The zero-order chi connectivity index (χ0) is 14.3. The first-order valence-electron chi connectivity index (χ1n) is 7.67. The Morgan fingerprint density at radius 3 is 1.95 bits per heavy atom. The number of aryl methyl sites for hydroxylation is 2. The summed E-state index contributed by atoms with van der Waals surface area (Å²) >= 11 is 0. The summed E-state index contributed by atoms with van der Waals surface area (Å²) in [7, 11) is 0. The molecule has 0 unspecified atom stereocenters. The molecule has 0 saturated carbocycles. The van der Waals surface area contributed by atoms with Gasteiger partial charge in [0.25, 0.3) is 0 Å². The molecule has 0 bridgehead atoms. The number of rotatable bonds is 8. The van der Waals surface area contributed by atoms with Crippen molar-refractivity contribution in [1.29, 1.82) is 0 Å². The number of hydrogen-bond acceptors (Lipinski definition) is 2. The molecule has 0 saturated heterocycles. The normalized spacial score (nSPS) is 10.3. The van der Waals surface area contributed by atoms with Gasteiger partial charge in [0.2, 0.25) is 0 Å². The summed E-state index contributed by atoms with van der Waals surface area (Å²) in [5, 5.41) is 24.1. The van der Waals surface area contributed by atoms with Gasteiger partial charge in [0.15, 0.2) is 0 Å². The summed E-state index contributed by atoms with van der Waals surface area (Å²) in [6.45, 7) is 6.24. The van der Waals surface area contributed by atoms with Gasteiger partial charge in [-0.1, -0.05) is 57.2 Å². The van der Waals surface area contributed by atoms with E-state index in [2.05, 4.69) is 13.8 Å². The van der Waals surface area contributed by atoms with Crippen LogP contribution >= 0.6 is 0 Å². The molecule has 20 heavy (non-hydrogen) atoms. The molecule has 0 aromatic heterocycles. The van der Waals surface area contributed by atoms with Gasteiger partial charge in [-0.15, -0.1) is 11.5 Å². The number of unbranched alkanes of at least 4 members (excludes halogenated alkanes) is 3. The Hall–Kier alpha value is -0.686. The van der Waals surface area contributed by atoms with Crippen LogP contribution < -0.4 is 10.2 Å². The Kier molecular flexibility index (Phi) is 9.75. The van der Waals surface area contributed by atoms with Crippen molar-refractivity contribution in [2.24, 2.45) is 0 Å². The van der Waals surface area contributed by atoms with Crippen LogP contribution in [0.4, 0.5) is 0 Å². The van der Waals surface area contributed by atoms with Crippen molar-refractivity contribution < 1.29 is 26.7 Å². The van der Waals surface area contributed by atoms with Gasteiger partial charge < -0.3 is 10.2 Å². The minimum absolute atomic E-state index is 0. The van der Waals surface area contributed by atoms with E-state index in [0.29, 0.717) is 6.42 Å². The van der Waals surface area contributed by atoms with Crippen LogP contribution in [-0.4, -0.2) is 0 Å². The largest absolute Gasteiger partial charge is 2.00 e. The summed E-state index contributed by atoms with van der Waals surface area (Å²) in [5.41, 5.74) is 2.60. The molecule has 1 aromatic carbocycles. The van der Waals surface area contributed by atoms with Gasteiger partial charge in [-0.25, -0.2) is 0 Å². The predicted octanol–water partition coefficient (Wildman–Crippen LogP) is 3.47. The summed E-state index contributed by atoms with van der Waals surface area (Å²) in [6, 6.07) is 2.01. The summed E-state index contributed by atoms with van der Waals surface area (Å²) in [6.07, 6.45) is 7.84. The Labute approximate surface area is 133 Å². The second kappa shape index (κ2) is 10.1. The first-order chi connectivity index (χ1) is 9.15. The third kappa shape index (κ3) is 5.01. The smallest absolute Gasteiger partial charge is 0.873 e. The van der Waals surface area contributed by atoms with Crippen molar-refractivity contribution >= 4 is 0 Å². The van der Waals surface area contributed by atoms with Crippen LogP contribution in [0.25, 0.3) is 0 Å². The average Bonchev–Trinajstić information content (AvgIpc) is 2.41. The minimum atomic E-state index is -0.260. The van der Waals surface area contributed by atoms with Crippen LogP contribution in [0.2, 0.25) is 0 Å². The summed E-state index contributed by atoms with van der Waals surface area (Å²) < 4.78 is 0. The van der Waals surface area contributed by atoms with Crippen molar-refractivity contribution in [3.63, 3.8) is 0 Å². The second-order valence-electron chi connectivity index (χ2n) is 5.25. The zero-order valence-electron chi connectivity index (χ0n) is 12.9. The van der Waals surface area contributed by atoms with Crippen molar-refractivity contribution in [2.45, 2.75) is 72.1 Å². The topological polar surface area (TPSA) is 46.1 Å². The molecule has 0 atom stereocenters. The van der Waals surface area contributed by atoms with Crippen molar-refractivity contribution in [1.82, 2.24) is 0 Å². The fourth-order valence-corrected chi connectivity index (χ4v) is 2.52. The maximum atomic E-state index is 12.1. The standard InChI is InChI=1S/C17H28O2.Ni/c1-4-7-9-11-13-12-14(10-8-5-2)16(18)17(19)15(13)6-3;/h12,18-19H,4-11H2,1-3H3;/q;+2/p-2. The molecular formula is C17H26NiO2. The monoisotopic (exact) mass is 320 g/mol. The molecule has 2 nitrogen and oxygen atoms in total. The van der Waals surface area contributed by atoms with Crippen LogP contribution in [0, 0.1) is 0 Å².